The lowest BCUT2D eigenvalue weighted by Gasteiger charge is -2.34. The Kier molecular flexibility index (Phi) is 5.41. The van der Waals surface area contributed by atoms with Gasteiger partial charge in [-0.3, -0.25) is 0 Å². The first-order chi connectivity index (χ1) is 8.31. The maximum Gasteiger partial charge on any atom is 0.407 e. The number of nitrogens with two attached hydrogens (primary N) is 1. The van der Waals surface area contributed by atoms with Gasteiger partial charge in [0, 0.05) is 25.8 Å². The minimum absolute atomic E-state index is 0.00521. The van der Waals surface area contributed by atoms with Crippen LogP contribution in [0.2, 0.25) is 0 Å². The topological polar surface area (TPSA) is 73.6 Å². The molecule has 1 amide bonds. The van der Waals surface area contributed by atoms with Gasteiger partial charge in [0.05, 0.1) is 0 Å². The molecule has 5 heteroatoms. The third kappa shape index (κ3) is 5.23. The van der Waals surface area contributed by atoms with E-state index in [0.29, 0.717) is 5.92 Å². The van der Waals surface area contributed by atoms with E-state index in [1.165, 1.54) is 0 Å². The number of carbonyl (C=O) groups is 1. The van der Waals surface area contributed by atoms with Crippen LogP contribution in [0.15, 0.2) is 0 Å². The summed E-state index contributed by atoms with van der Waals surface area (Å²) in [7, 11) is 1.70. The van der Waals surface area contributed by atoms with Crippen LogP contribution in [-0.4, -0.2) is 37.5 Å². The van der Waals surface area contributed by atoms with Crippen molar-refractivity contribution in [3.8, 4) is 0 Å². The largest absolute Gasteiger partial charge is 0.444 e. The molecule has 0 heterocycles. The van der Waals surface area contributed by atoms with Crippen molar-refractivity contribution in [2.75, 3.05) is 13.7 Å². The van der Waals surface area contributed by atoms with E-state index in [1.807, 2.05) is 20.8 Å². The van der Waals surface area contributed by atoms with Gasteiger partial charge < -0.3 is 20.5 Å². The molecular formula is C13H26N2O3. The van der Waals surface area contributed by atoms with Gasteiger partial charge in [-0.1, -0.05) is 0 Å². The first-order valence-electron chi connectivity index (χ1n) is 6.56. The molecule has 1 aliphatic rings. The molecule has 0 bridgehead atoms. The van der Waals surface area contributed by atoms with Crippen LogP contribution in [0.5, 0.6) is 0 Å². The zero-order valence-corrected chi connectivity index (χ0v) is 11.9. The standard InChI is InChI=1S/C13H26N2O3/c1-13(2,3)18-12(16)15-11-7-9(8-17-4)5-6-10(11)14/h9-11H,5-8,14H2,1-4H3,(H,15,16)/t9-,10-,11?/m0/s1. The van der Waals surface area contributed by atoms with Crippen molar-refractivity contribution in [3.63, 3.8) is 0 Å². The number of carbonyl (C=O) groups excluding carboxylic acids is 1. The number of methoxy groups -OCH3 is 1. The van der Waals surface area contributed by atoms with E-state index in [1.54, 1.807) is 7.11 Å². The van der Waals surface area contributed by atoms with Crippen LogP contribution in [0.1, 0.15) is 40.0 Å². The molecule has 0 saturated heterocycles. The second-order valence-corrected chi connectivity index (χ2v) is 6.05. The summed E-state index contributed by atoms with van der Waals surface area (Å²) >= 11 is 0. The molecule has 0 aromatic rings. The van der Waals surface area contributed by atoms with Gasteiger partial charge in [0.2, 0.25) is 0 Å². The quantitative estimate of drug-likeness (QED) is 0.807. The van der Waals surface area contributed by atoms with Crippen LogP contribution in [0.25, 0.3) is 0 Å². The van der Waals surface area contributed by atoms with Crippen molar-refractivity contribution >= 4 is 6.09 Å². The number of nitrogens with one attached hydrogen (secondary N) is 1. The number of alkyl carbamates (subject to hydrolysis) is 1. The van der Waals surface area contributed by atoms with Crippen molar-refractivity contribution < 1.29 is 14.3 Å². The first kappa shape index (κ1) is 15.2. The summed E-state index contributed by atoms with van der Waals surface area (Å²) in [5.74, 6) is 0.467. The van der Waals surface area contributed by atoms with Crippen LogP contribution in [0, 0.1) is 5.92 Å². The Balaban J connectivity index is 2.45. The number of hydrogen-bond donors (Lipinski definition) is 2. The first-order valence-corrected chi connectivity index (χ1v) is 6.56. The number of amides is 1. The zero-order chi connectivity index (χ0) is 13.8. The Bertz CT molecular complexity index is 276. The fraction of sp³-hybridized carbons (Fsp3) is 0.923. The lowest BCUT2D eigenvalue weighted by atomic mass is 9.83. The Hall–Kier alpha value is -0.810. The van der Waals surface area contributed by atoms with Crippen LogP contribution >= 0.6 is 0 Å². The third-order valence-electron chi connectivity index (χ3n) is 3.12. The fourth-order valence-electron chi connectivity index (χ4n) is 2.29. The smallest absolute Gasteiger partial charge is 0.407 e. The van der Waals surface area contributed by atoms with Gasteiger partial charge in [-0.25, -0.2) is 4.79 Å². The van der Waals surface area contributed by atoms with Crippen molar-refractivity contribution in [1.82, 2.24) is 5.32 Å². The molecule has 106 valence electrons. The van der Waals surface area contributed by atoms with Gasteiger partial charge in [0.1, 0.15) is 5.60 Å². The average Bonchev–Trinajstić information content (AvgIpc) is 2.20. The van der Waals surface area contributed by atoms with Crippen LogP contribution in [0.3, 0.4) is 0 Å². The Labute approximate surface area is 109 Å². The van der Waals surface area contributed by atoms with E-state index in [9.17, 15) is 4.79 Å². The van der Waals surface area contributed by atoms with Crippen molar-refractivity contribution in [3.05, 3.63) is 0 Å². The Morgan fingerprint density at radius 2 is 2.06 bits per heavy atom. The van der Waals surface area contributed by atoms with E-state index in [-0.39, 0.29) is 18.2 Å². The third-order valence-corrected chi connectivity index (χ3v) is 3.12. The van der Waals surface area contributed by atoms with E-state index in [0.717, 1.165) is 25.9 Å². The molecule has 3 atom stereocenters. The van der Waals surface area contributed by atoms with Crippen molar-refractivity contribution in [1.29, 1.82) is 0 Å². The summed E-state index contributed by atoms with van der Waals surface area (Å²) < 4.78 is 10.4. The Morgan fingerprint density at radius 3 is 2.61 bits per heavy atom. The van der Waals surface area contributed by atoms with Gasteiger partial charge in [-0.2, -0.15) is 0 Å². The summed E-state index contributed by atoms with van der Waals surface area (Å²) in [6, 6.07) is -0.0145. The van der Waals surface area contributed by atoms with Gasteiger partial charge in [-0.05, 0) is 46.0 Å². The molecule has 0 aliphatic heterocycles. The van der Waals surface area contributed by atoms with E-state index >= 15 is 0 Å². The van der Waals surface area contributed by atoms with Crippen molar-refractivity contribution in [2.45, 2.75) is 57.7 Å². The molecule has 18 heavy (non-hydrogen) atoms. The summed E-state index contributed by atoms with van der Waals surface area (Å²) in [6.07, 6.45) is 2.44. The molecule has 5 nitrogen and oxygen atoms in total. The van der Waals surface area contributed by atoms with Crippen LogP contribution < -0.4 is 11.1 Å². The highest BCUT2D eigenvalue weighted by atomic mass is 16.6. The summed E-state index contributed by atoms with van der Waals surface area (Å²) in [6.45, 7) is 6.27. The lowest BCUT2D eigenvalue weighted by Crippen LogP contribution is -2.52. The monoisotopic (exact) mass is 258 g/mol. The number of ether oxygens (including phenoxy) is 2. The van der Waals surface area contributed by atoms with Crippen LogP contribution in [-0.2, 0) is 9.47 Å². The van der Waals surface area contributed by atoms with E-state index in [2.05, 4.69) is 5.32 Å². The molecule has 0 aromatic carbocycles. The number of rotatable bonds is 3. The molecule has 1 unspecified atom stereocenters. The molecule has 3 N–H and O–H groups in total. The van der Waals surface area contributed by atoms with Gasteiger partial charge >= 0.3 is 6.09 Å². The molecule has 0 radical (unpaired) electrons. The summed E-state index contributed by atoms with van der Waals surface area (Å²) in [4.78, 5) is 11.7. The molecule has 1 fully saturated rings. The molecule has 1 rings (SSSR count). The molecule has 1 aliphatic carbocycles. The average molecular weight is 258 g/mol. The summed E-state index contributed by atoms with van der Waals surface area (Å²) in [5.41, 5.74) is 5.56. The highest BCUT2D eigenvalue weighted by Crippen LogP contribution is 2.24. The maximum absolute atomic E-state index is 11.7. The molecular weight excluding hydrogens is 232 g/mol. The van der Waals surface area contributed by atoms with Gasteiger partial charge in [-0.15, -0.1) is 0 Å². The maximum atomic E-state index is 11.7. The lowest BCUT2D eigenvalue weighted by molar-refractivity contribution is 0.0454. The second-order valence-electron chi connectivity index (χ2n) is 6.05. The molecule has 1 saturated carbocycles. The van der Waals surface area contributed by atoms with Crippen LogP contribution in [0.4, 0.5) is 4.79 Å². The number of hydrogen-bond acceptors (Lipinski definition) is 4. The highest BCUT2D eigenvalue weighted by Gasteiger charge is 2.30. The van der Waals surface area contributed by atoms with E-state index in [4.69, 9.17) is 15.2 Å². The minimum atomic E-state index is -0.477. The fourth-order valence-corrected chi connectivity index (χ4v) is 2.29. The Morgan fingerprint density at radius 1 is 1.39 bits per heavy atom. The van der Waals surface area contributed by atoms with E-state index < -0.39 is 5.60 Å². The van der Waals surface area contributed by atoms with Gasteiger partial charge in [0.25, 0.3) is 0 Å². The minimum Gasteiger partial charge on any atom is -0.444 e. The second kappa shape index (κ2) is 6.38. The molecule has 0 spiro atoms. The summed E-state index contributed by atoms with van der Waals surface area (Å²) in [5, 5.41) is 2.87. The highest BCUT2D eigenvalue weighted by molar-refractivity contribution is 5.68. The van der Waals surface area contributed by atoms with Crippen molar-refractivity contribution in [2.24, 2.45) is 11.7 Å². The predicted octanol–water partition coefficient (Wildman–Crippen LogP) is 1.65. The van der Waals surface area contributed by atoms with Gasteiger partial charge in [0.15, 0.2) is 0 Å². The zero-order valence-electron chi connectivity index (χ0n) is 11.9. The molecule has 0 aromatic heterocycles. The normalized spacial score (nSPS) is 28.8. The predicted molar refractivity (Wildman–Crippen MR) is 70.4 cm³/mol. The SMILES string of the molecule is COC[C@H]1CC[C@H](N)C(NC(=O)OC(C)(C)C)C1.